The second-order valence-electron chi connectivity index (χ2n) is 5.85. The second kappa shape index (κ2) is 4.93. The van der Waals surface area contributed by atoms with Crippen molar-refractivity contribution in [3.63, 3.8) is 0 Å². The molecule has 124 valence electrons. The molecule has 1 aromatic carbocycles. The number of nitrogens with zero attached hydrogens (tertiary/aromatic N) is 5. The van der Waals surface area contributed by atoms with Gasteiger partial charge in [0.05, 0.1) is 17.1 Å². The van der Waals surface area contributed by atoms with Crippen LogP contribution in [-0.2, 0) is 13.5 Å². The molecule has 3 aromatic heterocycles. The maximum Gasteiger partial charge on any atom is 0.377 e. The van der Waals surface area contributed by atoms with Gasteiger partial charge in [0.15, 0.2) is 5.69 Å². The van der Waals surface area contributed by atoms with E-state index in [-0.39, 0.29) is 5.89 Å². The van der Waals surface area contributed by atoms with E-state index in [0.717, 1.165) is 28.2 Å². The number of aromatic nitrogens is 6. The number of benzene rings is 1. The van der Waals surface area contributed by atoms with Crippen LogP contribution in [0.4, 0.5) is 0 Å². The highest BCUT2D eigenvalue weighted by Gasteiger charge is 2.27. The molecule has 1 N–H and O–H groups in total. The van der Waals surface area contributed by atoms with Crippen LogP contribution in [0.2, 0.25) is 5.02 Å². The first-order valence-electron chi connectivity index (χ1n) is 7.55. The number of nitrogens with one attached hydrogen (secondary N) is 1. The highest BCUT2D eigenvalue weighted by atomic mass is 35.5. The normalized spacial score (nSPS) is 12.4. The maximum atomic E-state index is 11.3. The predicted molar refractivity (Wildman–Crippen MR) is 89.7 cm³/mol. The van der Waals surface area contributed by atoms with Gasteiger partial charge in [-0.05, 0) is 18.2 Å². The van der Waals surface area contributed by atoms with Gasteiger partial charge in [-0.25, -0.2) is 9.78 Å². The summed E-state index contributed by atoms with van der Waals surface area (Å²) >= 11 is 6.21. The van der Waals surface area contributed by atoms with E-state index in [1.807, 2.05) is 36.0 Å². The quantitative estimate of drug-likeness (QED) is 0.498. The number of H-pyrrole nitrogens is 1. The highest BCUT2D eigenvalue weighted by Crippen LogP contribution is 2.37. The van der Waals surface area contributed by atoms with Crippen LogP contribution >= 0.6 is 11.6 Å². The van der Waals surface area contributed by atoms with E-state index >= 15 is 0 Å². The van der Waals surface area contributed by atoms with Gasteiger partial charge < -0.3 is 9.09 Å². The smallest absolute Gasteiger partial charge is 0.355 e. The molecule has 9 heteroatoms. The number of hydrogen-bond donors (Lipinski definition) is 1. The molecule has 0 unspecified atom stereocenters. The van der Waals surface area contributed by atoms with Crippen LogP contribution in [0.3, 0.4) is 0 Å². The Labute approximate surface area is 145 Å². The molecule has 0 aliphatic carbocycles. The molecule has 0 bridgehead atoms. The van der Waals surface area contributed by atoms with Crippen molar-refractivity contribution in [1.29, 1.82) is 0 Å². The molecule has 1 aliphatic rings. The Hall–Kier alpha value is -3.13. The first-order chi connectivity index (χ1) is 12.1. The van der Waals surface area contributed by atoms with E-state index in [2.05, 4.69) is 20.2 Å². The number of hydrogen-bond acceptors (Lipinski definition) is 5. The van der Waals surface area contributed by atoms with Gasteiger partial charge in [0.25, 0.3) is 5.89 Å². The fraction of sp³-hybridized carbons (Fsp3) is 0.125. The van der Waals surface area contributed by atoms with E-state index in [9.17, 15) is 4.79 Å². The largest absolute Gasteiger partial charge is 0.377 e. The van der Waals surface area contributed by atoms with E-state index in [0.29, 0.717) is 17.1 Å². The van der Waals surface area contributed by atoms with Gasteiger partial charge in [0.2, 0.25) is 0 Å². The topological polar surface area (TPSA) is 94.5 Å². The Bertz CT molecular complexity index is 1180. The number of aryl methyl sites for hydroxylation is 1. The molecule has 0 amide bonds. The Kier molecular flexibility index (Phi) is 2.81. The first-order valence-corrected chi connectivity index (χ1v) is 7.93. The SMILES string of the molecule is Cn1cc2c(n1)-c1cc(Cl)ccc1-n1cnc(-c3nc(=O)[nH]o3)c1C2. The van der Waals surface area contributed by atoms with Crippen molar-refractivity contribution in [3.05, 3.63) is 57.5 Å². The third-order valence-electron chi connectivity index (χ3n) is 4.24. The lowest BCUT2D eigenvalue weighted by Crippen LogP contribution is -2.02. The van der Waals surface area contributed by atoms with Crippen LogP contribution in [0.25, 0.3) is 28.5 Å². The number of imidazole rings is 1. The van der Waals surface area contributed by atoms with E-state index in [4.69, 9.17) is 16.1 Å². The molecule has 0 fully saturated rings. The highest BCUT2D eigenvalue weighted by molar-refractivity contribution is 6.31. The lowest BCUT2D eigenvalue weighted by molar-refractivity contribution is 0.423. The Balaban J connectivity index is 1.83. The number of fused-ring (bicyclic) bond motifs is 5. The van der Waals surface area contributed by atoms with Crippen molar-refractivity contribution < 1.29 is 4.52 Å². The molecule has 25 heavy (non-hydrogen) atoms. The molecule has 0 radical (unpaired) electrons. The molecule has 0 saturated carbocycles. The van der Waals surface area contributed by atoms with Gasteiger partial charge in [-0.15, -0.1) is 0 Å². The summed E-state index contributed by atoms with van der Waals surface area (Å²) in [7, 11) is 1.88. The molecule has 1 aliphatic heterocycles. The molecule has 0 atom stereocenters. The summed E-state index contributed by atoms with van der Waals surface area (Å²) in [5.74, 6) is 0.168. The van der Waals surface area contributed by atoms with Crippen molar-refractivity contribution in [1.82, 2.24) is 29.5 Å². The minimum absolute atomic E-state index is 0.168. The fourth-order valence-electron chi connectivity index (χ4n) is 3.24. The summed E-state index contributed by atoms with van der Waals surface area (Å²) < 4.78 is 8.88. The summed E-state index contributed by atoms with van der Waals surface area (Å²) in [5, 5.41) is 7.43. The van der Waals surface area contributed by atoms with E-state index in [1.54, 1.807) is 11.0 Å². The van der Waals surface area contributed by atoms with Gasteiger partial charge in [0, 0.05) is 35.8 Å². The minimum Gasteiger partial charge on any atom is -0.355 e. The molecular weight excluding hydrogens is 344 g/mol. The third kappa shape index (κ3) is 2.07. The molecule has 5 rings (SSSR count). The van der Waals surface area contributed by atoms with Crippen molar-refractivity contribution in [2.75, 3.05) is 0 Å². The monoisotopic (exact) mass is 354 g/mol. The van der Waals surface area contributed by atoms with Gasteiger partial charge in [-0.1, -0.05) is 11.6 Å². The zero-order chi connectivity index (χ0) is 17.1. The van der Waals surface area contributed by atoms with Crippen LogP contribution < -0.4 is 5.69 Å². The van der Waals surface area contributed by atoms with Crippen LogP contribution in [0.5, 0.6) is 0 Å². The predicted octanol–water partition coefficient (Wildman–Crippen LogP) is 2.17. The van der Waals surface area contributed by atoms with Gasteiger partial charge in [0.1, 0.15) is 6.33 Å². The number of aromatic amines is 1. The lowest BCUT2D eigenvalue weighted by Gasteiger charge is -2.09. The standard InChI is InChI=1S/C16H11ClN6O2/c1-22-6-8-4-12-14(15-19-16(24)21-25-15)18-7-23(12)11-3-2-9(17)5-10(11)13(8)20-22/h2-3,5-7H,4H2,1H3,(H,21,24). The Morgan fingerprint density at radius 1 is 1.32 bits per heavy atom. The summed E-state index contributed by atoms with van der Waals surface area (Å²) in [5.41, 5.74) is 4.59. The summed E-state index contributed by atoms with van der Waals surface area (Å²) in [6, 6.07) is 5.65. The third-order valence-corrected chi connectivity index (χ3v) is 4.48. The molecule has 4 heterocycles. The van der Waals surface area contributed by atoms with Crippen molar-refractivity contribution in [2.24, 2.45) is 7.05 Å². The Morgan fingerprint density at radius 2 is 2.20 bits per heavy atom. The van der Waals surface area contributed by atoms with Gasteiger partial charge >= 0.3 is 5.69 Å². The van der Waals surface area contributed by atoms with Crippen LogP contribution in [-0.4, -0.2) is 29.5 Å². The maximum absolute atomic E-state index is 11.3. The van der Waals surface area contributed by atoms with Gasteiger partial charge in [-0.2, -0.15) is 15.2 Å². The van der Waals surface area contributed by atoms with Crippen molar-refractivity contribution in [2.45, 2.75) is 6.42 Å². The summed E-state index contributed by atoms with van der Waals surface area (Å²) in [4.78, 5) is 19.6. The lowest BCUT2D eigenvalue weighted by atomic mass is 10.0. The van der Waals surface area contributed by atoms with Crippen LogP contribution in [0, 0.1) is 0 Å². The molecule has 0 saturated heterocycles. The zero-order valence-electron chi connectivity index (χ0n) is 13.0. The van der Waals surface area contributed by atoms with E-state index in [1.165, 1.54) is 0 Å². The van der Waals surface area contributed by atoms with E-state index < -0.39 is 5.69 Å². The molecule has 4 aromatic rings. The molecule has 0 spiro atoms. The average molecular weight is 355 g/mol. The van der Waals surface area contributed by atoms with Crippen LogP contribution in [0.1, 0.15) is 11.3 Å². The average Bonchev–Trinajstić information content (AvgIpc) is 3.25. The fourth-order valence-corrected chi connectivity index (χ4v) is 3.41. The Morgan fingerprint density at radius 3 is 3.00 bits per heavy atom. The van der Waals surface area contributed by atoms with Crippen molar-refractivity contribution in [3.8, 4) is 28.5 Å². The molecule has 8 nitrogen and oxygen atoms in total. The second-order valence-corrected chi connectivity index (χ2v) is 6.29. The van der Waals surface area contributed by atoms with Crippen molar-refractivity contribution >= 4 is 11.6 Å². The number of halogens is 1. The summed E-state index contributed by atoms with van der Waals surface area (Å²) in [6.07, 6.45) is 4.23. The van der Waals surface area contributed by atoms with Crippen LogP contribution in [0.15, 0.2) is 40.0 Å². The zero-order valence-corrected chi connectivity index (χ0v) is 13.8. The van der Waals surface area contributed by atoms with Gasteiger partial charge in [-0.3, -0.25) is 4.68 Å². The number of rotatable bonds is 1. The minimum atomic E-state index is -0.542. The first kappa shape index (κ1) is 14.2. The summed E-state index contributed by atoms with van der Waals surface area (Å²) in [6.45, 7) is 0. The molecular formula is C16H11ClN6O2.